The van der Waals surface area contributed by atoms with Gasteiger partial charge in [-0.2, -0.15) is 0 Å². The summed E-state index contributed by atoms with van der Waals surface area (Å²) < 4.78 is 11.6. The normalized spacial score (nSPS) is 23.1. The van der Waals surface area contributed by atoms with E-state index in [1.54, 1.807) is 24.4 Å². The zero-order chi connectivity index (χ0) is 20.1. The van der Waals surface area contributed by atoms with Gasteiger partial charge in [-0.05, 0) is 29.3 Å². The number of benzene rings is 1. The fourth-order valence-electron chi connectivity index (χ4n) is 4.09. The zero-order valence-electron chi connectivity index (χ0n) is 16.4. The molecule has 0 saturated carbocycles. The van der Waals surface area contributed by atoms with Crippen LogP contribution < -0.4 is 0 Å². The summed E-state index contributed by atoms with van der Waals surface area (Å²) in [7, 11) is 0. The molecule has 7 nitrogen and oxygen atoms in total. The molecule has 2 atom stereocenters. The number of hydrogen-bond acceptors (Lipinski definition) is 6. The standard InChI is InChI=1S/C22H27N3O4/c26-19-5-1-3-17(13-19)14-21(27)25-9-12-29-20(16-24-7-10-28-11-8-24)22(25)18-4-2-6-23-15-18/h1-6,13,15,20,22,26H,7-12,14,16H2/t20-,22-/m0/s1. The molecule has 2 saturated heterocycles. The lowest BCUT2D eigenvalue weighted by Gasteiger charge is -2.43. The summed E-state index contributed by atoms with van der Waals surface area (Å²) in [4.78, 5) is 21.8. The maximum absolute atomic E-state index is 13.2. The van der Waals surface area contributed by atoms with Crippen LogP contribution in [0.3, 0.4) is 0 Å². The molecule has 0 spiro atoms. The van der Waals surface area contributed by atoms with E-state index in [9.17, 15) is 9.90 Å². The number of hydrogen-bond donors (Lipinski definition) is 1. The average Bonchev–Trinajstić information content (AvgIpc) is 2.75. The van der Waals surface area contributed by atoms with Crippen LogP contribution in [0.2, 0.25) is 0 Å². The first-order chi connectivity index (χ1) is 14.2. The van der Waals surface area contributed by atoms with E-state index in [0.29, 0.717) is 13.2 Å². The first-order valence-electron chi connectivity index (χ1n) is 10.1. The summed E-state index contributed by atoms with van der Waals surface area (Å²) in [5, 5.41) is 9.72. The monoisotopic (exact) mass is 397 g/mol. The van der Waals surface area contributed by atoms with Gasteiger partial charge in [-0.3, -0.25) is 14.7 Å². The van der Waals surface area contributed by atoms with E-state index in [-0.39, 0.29) is 30.2 Å². The largest absolute Gasteiger partial charge is 0.508 e. The second-order valence-electron chi connectivity index (χ2n) is 7.49. The Morgan fingerprint density at radius 2 is 2.00 bits per heavy atom. The van der Waals surface area contributed by atoms with Crippen molar-refractivity contribution >= 4 is 5.91 Å². The Morgan fingerprint density at radius 1 is 1.14 bits per heavy atom. The number of carbonyl (C=O) groups is 1. The molecular weight excluding hydrogens is 370 g/mol. The van der Waals surface area contributed by atoms with Crippen molar-refractivity contribution in [3.8, 4) is 5.75 Å². The van der Waals surface area contributed by atoms with Gasteiger partial charge in [0.15, 0.2) is 0 Å². The summed E-state index contributed by atoms with van der Waals surface area (Å²) in [6.07, 6.45) is 3.68. The van der Waals surface area contributed by atoms with Crippen LogP contribution in [0.4, 0.5) is 0 Å². The smallest absolute Gasteiger partial charge is 0.227 e. The van der Waals surface area contributed by atoms with Crippen LogP contribution in [-0.2, 0) is 20.7 Å². The molecule has 1 amide bonds. The third-order valence-corrected chi connectivity index (χ3v) is 5.51. The molecule has 2 fully saturated rings. The number of rotatable bonds is 5. The van der Waals surface area contributed by atoms with Crippen LogP contribution in [0.5, 0.6) is 5.75 Å². The number of nitrogens with zero attached hydrogens (tertiary/aromatic N) is 3. The second-order valence-corrected chi connectivity index (χ2v) is 7.49. The Morgan fingerprint density at radius 3 is 2.76 bits per heavy atom. The van der Waals surface area contributed by atoms with Gasteiger partial charge in [-0.15, -0.1) is 0 Å². The van der Waals surface area contributed by atoms with Crippen LogP contribution >= 0.6 is 0 Å². The lowest BCUT2D eigenvalue weighted by Crippen LogP contribution is -2.53. The Balaban J connectivity index is 1.55. The topological polar surface area (TPSA) is 75.1 Å². The van der Waals surface area contributed by atoms with E-state index in [0.717, 1.165) is 44.0 Å². The van der Waals surface area contributed by atoms with E-state index in [1.807, 2.05) is 29.3 Å². The molecule has 0 unspecified atom stereocenters. The van der Waals surface area contributed by atoms with Crippen LogP contribution in [0, 0.1) is 0 Å². The molecule has 3 heterocycles. The predicted octanol–water partition coefficient (Wildman–Crippen LogP) is 1.63. The van der Waals surface area contributed by atoms with Crippen LogP contribution in [-0.4, -0.2) is 77.9 Å². The Kier molecular flexibility index (Phi) is 6.39. The highest BCUT2D eigenvalue weighted by atomic mass is 16.5. The van der Waals surface area contributed by atoms with Crippen LogP contribution in [0.25, 0.3) is 0 Å². The molecule has 29 heavy (non-hydrogen) atoms. The number of aromatic nitrogens is 1. The molecule has 0 aliphatic carbocycles. The van der Waals surface area contributed by atoms with Crippen molar-refractivity contribution in [3.05, 3.63) is 59.9 Å². The summed E-state index contributed by atoms with van der Waals surface area (Å²) in [5.74, 6) is 0.200. The zero-order valence-corrected chi connectivity index (χ0v) is 16.4. The lowest BCUT2D eigenvalue weighted by atomic mass is 9.97. The Bertz CT molecular complexity index is 811. The number of carbonyl (C=O) groups excluding carboxylic acids is 1. The van der Waals surface area contributed by atoms with E-state index >= 15 is 0 Å². The maximum atomic E-state index is 13.2. The molecule has 1 N–H and O–H groups in total. The summed E-state index contributed by atoms with van der Waals surface area (Å²) in [5.41, 5.74) is 1.78. The highest BCUT2D eigenvalue weighted by Crippen LogP contribution is 2.31. The highest BCUT2D eigenvalue weighted by molar-refractivity contribution is 5.79. The van der Waals surface area contributed by atoms with E-state index in [2.05, 4.69) is 9.88 Å². The van der Waals surface area contributed by atoms with Gasteiger partial charge >= 0.3 is 0 Å². The Labute approximate surface area is 170 Å². The highest BCUT2D eigenvalue weighted by Gasteiger charge is 2.37. The van der Waals surface area contributed by atoms with Gasteiger partial charge in [-0.1, -0.05) is 18.2 Å². The molecular formula is C22H27N3O4. The van der Waals surface area contributed by atoms with Crippen LogP contribution in [0.15, 0.2) is 48.8 Å². The first-order valence-corrected chi connectivity index (χ1v) is 10.1. The lowest BCUT2D eigenvalue weighted by molar-refractivity contribution is -0.148. The molecule has 0 bridgehead atoms. The van der Waals surface area contributed by atoms with Crippen molar-refractivity contribution in [3.63, 3.8) is 0 Å². The molecule has 1 aromatic heterocycles. The molecule has 4 rings (SSSR count). The van der Waals surface area contributed by atoms with E-state index < -0.39 is 0 Å². The number of pyridine rings is 1. The summed E-state index contributed by atoms with van der Waals surface area (Å²) in [6.45, 7) is 5.00. The number of ether oxygens (including phenoxy) is 2. The van der Waals surface area contributed by atoms with E-state index in [1.165, 1.54) is 0 Å². The first kappa shape index (κ1) is 19.8. The average molecular weight is 397 g/mol. The van der Waals surface area contributed by atoms with Gasteiger partial charge < -0.3 is 19.5 Å². The van der Waals surface area contributed by atoms with Gasteiger partial charge in [0.05, 0.1) is 38.4 Å². The fraction of sp³-hybridized carbons (Fsp3) is 0.455. The predicted molar refractivity (Wildman–Crippen MR) is 108 cm³/mol. The van der Waals surface area contributed by atoms with Crippen molar-refractivity contribution in [2.75, 3.05) is 46.0 Å². The number of morpholine rings is 2. The van der Waals surface area contributed by atoms with Crippen molar-refractivity contribution in [2.45, 2.75) is 18.6 Å². The minimum Gasteiger partial charge on any atom is -0.508 e. The van der Waals surface area contributed by atoms with Crippen molar-refractivity contribution in [1.29, 1.82) is 0 Å². The fourth-order valence-corrected chi connectivity index (χ4v) is 4.09. The van der Waals surface area contributed by atoms with Gasteiger partial charge in [0.1, 0.15) is 5.75 Å². The molecule has 154 valence electrons. The number of aromatic hydroxyl groups is 1. The Hall–Kier alpha value is -2.48. The minimum absolute atomic E-state index is 0.0275. The van der Waals surface area contributed by atoms with Crippen molar-refractivity contribution in [1.82, 2.24) is 14.8 Å². The van der Waals surface area contributed by atoms with Gasteiger partial charge in [-0.25, -0.2) is 0 Å². The second kappa shape index (κ2) is 9.35. The summed E-state index contributed by atoms with van der Waals surface area (Å²) in [6, 6.07) is 10.6. The van der Waals surface area contributed by atoms with Crippen molar-refractivity contribution in [2.24, 2.45) is 0 Å². The number of phenols is 1. The molecule has 2 aliphatic rings. The number of amides is 1. The van der Waals surface area contributed by atoms with E-state index in [4.69, 9.17) is 9.47 Å². The SMILES string of the molecule is O=C(Cc1cccc(O)c1)N1CCO[C@@H](CN2CCOCC2)[C@@H]1c1cccnc1. The van der Waals surface area contributed by atoms with Crippen LogP contribution in [0.1, 0.15) is 17.2 Å². The quantitative estimate of drug-likeness (QED) is 0.827. The molecule has 1 aromatic carbocycles. The summed E-state index contributed by atoms with van der Waals surface area (Å²) >= 11 is 0. The maximum Gasteiger partial charge on any atom is 0.227 e. The third kappa shape index (κ3) is 4.93. The third-order valence-electron chi connectivity index (χ3n) is 5.51. The minimum atomic E-state index is -0.190. The van der Waals surface area contributed by atoms with Gasteiger partial charge in [0.2, 0.25) is 5.91 Å². The van der Waals surface area contributed by atoms with Gasteiger partial charge in [0, 0.05) is 38.6 Å². The molecule has 0 radical (unpaired) electrons. The molecule has 2 aromatic rings. The molecule has 7 heteroatoms. The molecule has 2 aliphatic heterocycles. The van der Waals surface area contributed by atoms with Gasteiger partial charge in [0.25, 0.3) is 0 Å². The van der Waals surface area contributed by atoms with Crippen molar-refractivity contribution < 1.29 is 19.4 Å². The number of phenolic OH excluding ortho intramolecular Hbond substituents is 1.